The molecule has 126 valence electrons. The van der Waals surface area contributed by atoms with Crippen LogP contribution in [0, 0.1) is 37.9 Å². The summed E-state index contributed by atoms with van der Waals surface area (Å²) in [5, 5.41) is 13.7. The summed E-state index contributed by atoms with van der Waals surface area (Å²) in [6.45, 7) is 5.23. The van der Waals surface area contributed by atoms with Crippen LogP contribution >= 0.6 is 11.8 Å². The normalized spacial score (nSPS) is 10.7. The van der Waals surface area contributed by atoms with Crippen LogP contribution in [0.25, 0.3) is 11.4 Å². The molecule has 0 saturated heterocycles. The van der Waals surface area contributed by atoms with Gasteiger partial charge in [-0.2, -0.15) is 10.2 Å². The molecule has 25 heavy (non-hydrogen) atoms. The molecule has 0 radical (unpaired) electrons. The number of halogens is 1. The smallest absolute Gasteiger partial charge is 0.237 e. The Labute approximate surface area is 148 Å². The molecule has 0 aliphatic carbocycles. The van der Waals surface area contributed by atoms with Gasteiger partial charge >= 0.3 is 0 Å². The van der Waals surface area contributed by atoms with Crippen LogP contribution in [0.2, 0.25) is 0 Å². The summed E-state index contributed by atoms with van der Waals surface area (Å²) in [4.78, 5) is 12.8. The largest absolute Gasteiger partial charge is 0.338 e. The van der Waals surface area contributed by atoms with Crippen molar-refractivity contribution in [1.82, 2.24) is 20.1 Å². The number of benzene rings is 1. The highest BCUT2D eigenvalue weighted by Crippen LogP contribution is 2.26. The number of nitrogens with zero attached hydrogens (tertiary/aromatic N) is 5. The zero-order valence-electron chi connectivity index (χ0n) is 13.9. The number of aryl methyl sites for hydroxylation is 3. The average molecular weight is 355 g/mol. The molecule has 0 unspecified atom stereocenters. The zero-order chi connectivity index (χ0) is 18.0. The van der Waals surface area contributed by atoms with Gasteiger partial charge in [-0.25, -0.2) is 14.4 Å². The van der Waals surface area contributed by atoms with Gasteiger partial charge in [0, 0.05) is 5.56 Å². The van der Waals surface area contributed by atoms with Crippen LogP contribution in [-0.4, -0.2) is 20.1 Å². The lowest BCUT2D eigenvalue weighted by molar-refractivity contribution is 0.391. The van der Waals surface area contributed by atoms with Crippen molar-refractivity contribution in [3.63, 3.8) is 0 Å². The van der Waals surface area contributed by atoms with Crippen molar-refractivity contribution in [3.8, 4) is 17.5 Å². The molecule has 0 atom stereocenters. The molecule has 0 aliphatic heterocycles. The van der Waals surface area contributed by atoms with Gasteiger partial charge in [0.05, 0.1) is 11.4 Å². The van der Waals surface area contributed by atoms with Crippen LogP contribution in [0.4, 0.5) is 4.39 Å². The van der Waals surface area contributed by atoms with E-state index in [9.17, 15) is 9.65 Å². The first-order valence-electron chi connectivity index (χ1n) is 7.45. The average Bonchev–Trinajstić information content (AvgIpc) is 3.04. The fraction of sp³-hybridized carbons (Fsp3) is 0.235. The third-order valence-electron chi connectivity index (χ3n) is 3.51. The lowest BCUT2D eigenvalue weighted by Crippen LogP contribution is -1.99. The number of nitriles is 1. The van der Waals surface area contributed by atoms with Gasteiger partial charge in [-0.15, -0.1) is 0 Å². The van der Waals surface area contributed by atoms with E-state index >= 15 is 0 Å². The monoisotopic (exact) mass is 355 g/mol. The van der Waals surface area contributed by atoms with Crippen molar-refractivity contribution in [2.75, 3.05) is 0 Å². The van der Waals surface area contributed by atoms with E-state index in [4.69, 9.17) is 4.52 Å². The Morgan fingerprint density at radius 1 is 1.20 bits per heavy atom. The van der Waals surface area contributed by atoms with Gasteiger partial charge < -0.3 is 4.52 Å². The highest BCUT2D eigenvalue weighted by atomic mass is 32.2. The van der Waals surface area contributed by atoms with E-state index in [-0.39, 0.29) is 5.82 Å². The molecule has 0 N–H and O–H groups in total. The molecule has 2 aromatic heterocycles. The first-order valence-corrected chi connectivity index (χ1v) is 8.43. The third kappa shape index (κ3) is 3.67. The molecular weight excluding hydrogens is 341 g/mol. The van der Waals surface area contributed by atoms with E-state index in [1.165, 1.54) is 17.8 Å². The summed E-state index contributed by atoms with van der Waals surface area (Å²) in [5.74, 6) is 1.33. The van der Waals surface area contributed by atoms with Crippen molar-refractivity contribution in [3.05, 3.63) is 52.6 Å². The van der Waals surface area contributed by atoms with Crippen molar-refractivity contribution >= 4 is 11.8 Å². The molecule has 3 aromatic rings. The molecule has 8 heteroatoms. The van der Waals surface area contributed by atoms with Crippen LogP contribution in [0.15, 0.2) is 27.7 Å². The zero-order valence-corrected chi connectivity index (χ0v) is 14.7. The molecule has 0 aliphatic rings. The maximum Gasteiger partial charge on any atom is 0.237 e. The van der Waals surface area contributed by atoms with Crippen LogP contribution in [0.3, 0.4) is 0 Å². The fourth-order valence-electron chi connectivity index (χ4n) is 2.21. The second-order valence-corrected chi connectivity index (χ2v) is 6.38. The SMILES string of the molecule is Cc1nc(C)c(C#N)c(SCc2nc(-c3ccc(C)c(F)c3)no2)n1. The minimum absolute atomic E-state index is 0.316. The lowest BCUT2D eigenvalue weighted by Gasteiger charge is -2.04. The Morgan fingerprint density at radius 3 is 2.72 bits per heavy atom. The third-order valence-corrected chi connectivity index (χ3v) is 4.47. The molecule has 0 bridgehead atoms. The Balaban J connectivity index is 1.79. The van der Waals surface area contributed by atoms with Crippen LogP contribution in [0.1, 0.15) is 28.5 Å². The van der Waals surface area contributed by atoms with E-state index in [1.807, 2.05) is 0 Å². The van der Waals surface area contributed by atoms with Gasteiger partial charge in [-0.1, -0.05) is 29.1 Å². The van der Waals surface area contributed by atoms with Gasteiger partial charge in [0.15, 0.2) is 0 Å². The predicted molar refractivity (Wildman–Crippen MR) is 90.2 cm³/mol. The molecule has 0 amide bonds. The molecule has 1 aromatic carbocycles. The molecular formula is C17H14FN5OS. The van der Waals surface area contributed by atoms with Crippen LogP contribution in [0.5, 0.6) is 0 Å². The first kappa shape index (κ1) is 17.0. The molecule has 0 spiro atoms. The highest BCUT2D eigenvalue weighted by Gasteiger charge is 2.14. The molecule has 2 heterocycles. The van der Waals surface area contributed by atoms with E-state index in [0.29, 0.717) is 50.7 Å². The van der Waals surface area contributed by atoms with Gasteiger partial charge in [0.1, 0.15) is 28.3 Å². The van der Waals surface area contributed by atoms with Gasteiger partial charge in [0.25, 0.3) is 0 Å². The summed E-state index contributed by atoms with van der Waals surface area (Å²) in [7, 11) is 0. The standard InChI is InChI=1S/C17H14FN5OS/c1-9-4-5-12(6-14(9)18)16-22-15(24-23-16)8-25-17-13(7-19)10(2)20-11(3)21-17/h4-6H,8H2,1-3H3. The topological polar surface area (TPSA) is 88.5 Å². The van der Waals surface area contributed by atoms with Crippen molar-refractivity contribution in [1.29, 1.82) is 5.26 Å². The lowest BCUT2D eigenvalue weighted by atomic mass is 10.1. The summed E-state index contributed by atoms with van der Waals surface area (Å²) < 4.78 is 18.9. The minimum Gasteiger partial charge on any atom is -0.338 e. The van der Waals surface area contributed by atoms with Crippen molar-refractivity contribution in [2.24, 2.45) is 0 Å². The van der Waals surface area contributed by atoms with E-state index < -0.39 is 0 Å². The van der Waals surface area contributed by atoms with Gasteiger partial charge in [-0.3, -0.25) is 0 Å². The number of hydrogen-bond donors (Lipinski definition) is 0. The van der Waals surface area contributed by atoms with Gasteiger partial charge in [0.2, 0.25) is 11.7 Å². The minimum atomic E-state index is -0.316. The van der Waals surface area contributed by atoms with Gasteiger partial charge in [-0.05, 0) is 32.4 Å². The van der Waals surface area contributed by atoms with E-state index in [1.54, 1.807) is 32.9 Å². The summed E-state index contributed by atoms with van der Waals surface area (Å²) in [6.07, 6.45) is 0. The summed E-state index contributed by atoms with van der Waals surface area (Å²) in [5.41, 5.74) is 2.19. The number of hydrogen-bond acceptors (Lipinski definition) is 7. The quantitative estimate of drug-likeness (QED) is 0.520. The Hall–Kier alpha value is -2.79. The predicted octanol–water partition coefficient (Wildman–Crippen LogP) is 3.75. The number of rotatable bonds is 4. The highest BCUT2D eigenvalue weighted by molar-refractivity contribution is 7.98. The Morgan fingerprint density at radius 2 is 2.00 bits per heavy atom. The van der Waals surface area contributed by atoms with Crippen molar-refractivity contribution in [2.45, 2.75) is 31.6 Å². The first-order chi connectivity index (χ1) is 12.0. The second-order valence-electron chi connectivity index (χ2n) is 5.41. The maximum atomic E-state index is 13.7. The van der Waals surface area contributed by atoms with Crippen LogP contribution < -0.4 is 0 Å². The second kappa shape index (κ2) is 6.99. The summed E-state index contributed by atoms with van der Waals surface area (Å²) >= 11 is 1.32. The number of thioether (sulfide) groups is 1. The molecule has 6 nitrogen and oxygen atoms in total. The Kier molecular flexibility index (Phi) is 4.76. The van der Waals surface area contributed by atoms with Crippen molar-refractivity contribution < 1.29 is 8.91 Å². The fourth-order valence-corrected chi connectivity index (χ4v) is 3.12. The molecule has 0 fully saturated rings. The Bertz CT molecular complexity index is 980. The number of aromatic nitrogens is 4. The summed E-state index contributed by atoms with van der Waals surface area (Å²) in [6, 6.07) is 6.90. The van der Waals surface area contributed by atoms with E-state index in [0.717, 1.165) is 0 Å². The maximum absolute atomic E-state index is 13.7. The van der Waals surface area contributed by atoms with Crippen LogP contribution in [-0.2, 0) is 5.75 Å². The molecule has 0 saturated carbocycles. The molecule has 3 rings (SSSR count). The van der Waals surface area contributed by atoms with E-state index in [2.05, 4.69) is 26.2 Å².